The Kier molecular flexibility index (Phi) is 3.86. The van der Waals surface area contributed by atoms with Crippen LogP contribution in [0.25, 0.3) is 10.9 Å². The lowest BCUT2D eigenvalue weighted by Crippen LogP contribution is -2.66. The summed E-state index contributed by atoms with van der Waals surface area (Å²) in [4.78, 5) is 22.0. The van der Waals surface area contributed by atoms with Crippen LogP contribution in [0.3, 0.4) is 0 Å². The molecule has 2 aliphatic rings. The van der Waals surface area contributed by atoms with Gasteiger partial charge >= 0.3 is 0 Å². The summed E-state index contributed by atoms with van der Waals surface area (Å²) in [6.07, 6.45) is 4.40. The standard InChI is InChI=1S/C21H21N3O3/c25-20(19-10-15-4-1-2-6-18(15)23-19)24-13-21(14-24)16(7-9-27-21)12-26-17-5-3-8-22-11-17/h1-6,8,10-11,16,23H,7,9,12-14H2/t16-/m0/s1. The summed E-state index contributed by atoms with van der Waals surface area (Å²) < 4.78 is 11.9. The molecule has 1 aromatic carbocycles. The molecular weight excluding hydrogens is 342 g/mol. The molecule has 2 fully saturated rings. The quantitative estimate of drug-likeness (QED) is 0.774. The van der Waals surface area contributed by atoms with Crippen LogP contribution in [0, 0.1) is 5.92 Å². The Morgan fingerprint density at radius 1 is 1.30 bits per heavy atom. The van der Waals surface area contributed by atoms with E-state index in [1.54, 1.807) is 12.4 Å². The summed E-state index contributed by atoms with van der Waals surface area (Å²) in [7, 11) is 0. The van der Waals surface area contributed by atoms with E-state index in [0.29, 0.717) is 25.4 Å². The second-order valence-corrected chi connectivity index (χ2v) is 7.33. The first-order chi connectivity index (χ1) is 13.2. The van der Waals surface area contributed by atoms with Crippen molar-refractivity contribution in [1.82, 2.24) is 14.9 Å². The number of pyridine rings is 1. The number of ether oxygens (including phenoxy) is 2. The summed E-state index contributed by atoms with van der Waals surface area (Å²) in [5, 5.41) is 1.05. The minimum atomic E-state index is -0.274. The third kappa shape index (κ3) is 2.86. The molecule has 1 spiro atoms. The van der Waals surface area contributed by atoms with Gasteiger partial charge in [-0.2, -0.15) is 0 Å². The Morgan fingerprint density at radius 3 is 3.00 bits per heavy atom. The molecule has 1 N–H and O–H groups in total. The van der Waals surface area contributed by atoms with Crippen LogP contribution < -0.4 is 4.74 Å². The number of hydrogen-bond donors (Lipinski definition) is 1. The lowest BCUT2D eigenvalue weighted by Gasteiger charge is -2.49. The van der Waals surface area contributed by atoms with Crippen molar-refractivity contribution in [3.05, 3.63) is 60.6 Å². The van der Waals surface area contributed by atoms with Gasteiger partial charge in [-0.3, -0.25) is 9.78 Å². The molecule has 5 rings (SSSR count). The maximum absolute atomic E-state index is 12.8. The average Bonchev–Trinajstić information content (AvgIpc) is 3.29. The largest absolute Gasteiger partial charge is 0.492 e. The number of nitrogens with zero attached hydrogens (tertiary/aromatic N) is 2. The van der Waals surface area contributed by atoms with Gasteiger partial charge in [0, 0.05) is 29.6 Å². The van der Waals surface area contributed by atoms with Crippen molar-refractivity contribution in [3.8, 4) is 5.75 Å². The Morgan fingerprint density at radius 2 is 2.19 bits per heavy atom. The van der Waals surface area contributed by atoms with Gasteiger partial charge in [-0.15, -0.1) is 0 Å². The highest BCUT2D eigenvalue weighted by atomic mass is 16.5. The number of hydrogen-bond acceptors (Lipinski definition) is 4. The van der Waals surface area contributed by atoms with Gasteiger partial charge in [0.1, 0.15) is 17.0 Å². The number of carbonyl (C=O) groups is 1. The zero-order valence-electron chi connectivity index (χ0n) is 14.9. The van der Waals surface area contributed by atoms with Crippen molar-refractivity contribution < 1.29 is 14.3 Å². The van der Waals surface area contributed by atoms with Gasteiger partial charge in [-0.05, 0) is 30.7 Å². The molecule has 0 saturated carbocycles. The number of carbonyl (C=O) groups excluding carboxylic acids is 1. The molecule has 4 heterocycles. The first-order valence-corrected chi connectivity index (χ1v) is 9.27. The fourth-order valence-electron chi connectivity index (χ4n) is 4.10. The number of amides is 1. The predicted octanol–water partition coefficient (Wildman–Crippen LogP) is 2.87. The van der Waals surface area contributed by atoms with E-state index in [1.807, 2.05) is 47.4 Å². The molecule has 0 bridgehead atoms. The zero-order chi connectivity index (χ0) is 18.3. The van der Waals surface area contributed by atoms with Crippen LogP contribution in [0.2, 0.25) is 0 Å². The van der Waals surface area contributed by atoms with Crippen molar-refractivity contribution in [2.75, 3.05) is 26.3 Å². The molecule has 6 nitrogen and oxygen atoms in total. The van der Waals surface area contributed by atoms with Crippen molar-refractivity contribution >= 4 is 16.8 Å². The van der Waals surface area contributed by atoms with Crippen LogP contribution in [0.1, 0.15) is 16.9 Å². The van der Waals surface area contributed by atoms with Gasteiger partial charge in [0.05, 0.1) is 25.9 Å². The fraction of sp³-hybridized carbons (Fsp3) is 0.333. The Balaban J connectivity index is 1.24. The minimum absolute atomic E-state index is 0.0271. The third-order valence-electron chi connectivity index (χ3n) is 5.65. The maximum Gasteiger partial charge on any atom is 0.270 e. The van der Waals surface area contributed by atoms with Crippen molar-refractivity contribution in [3.63, 3.8) is 0 Å². The van der Waals surface area contributed by atoms with Gasteiger partial charge < -0.3 is 19.4 Å². The Bertz CT molecular complexity index is 930. The van der Waals surface area contributed by atoms with Gasteiger partial charge in [-0.1, -0.05) is 18.2 Å². The van der Waals surface area contributed by atoms with E-state index in [1.165, 1.54) is 0 Å². The second kappa shape index (κ2) is 6.39. The highest BCUT2D eigenvalue weighted by molar-refractivity contribution is 5.98. The SMILES string of the molecule is O=C(c1cc2ccccc2[nH]1)N1CC2(C1)OCC[C@H]2COc1cccnc1. The monoisotopic (exact) mass is 363 g/mol. The average molecular weight is 363 g/mol. The van der Waals surface area contributed by atoms with Gasteiger partial charge in [0.2, 0.25) is 0 Å². The van der Waals surface area contributed by atoms with E-state index in [0.717, 1.165) is 29.7 Å². The zero-order valence-corrected chi connectivity index (χ0v) is 14.9. The van der Waals surface area contributed by atoms with E-state index in [9.17, 15) is 4.79 Å². The highest BCUT2D eigenvalue weighted by Crippen LogP contribution is 2.40. The minimum Gasteiger partial charge on any atom is -0.492 e. The van der Waals surface area contributed by atoms with Gasteiger partial charge in [0.15, 0.2) is 0 Å². The highest BCUT2D eigenvalue weighted by Gasteiger charge is 2.54. The molecule has 2 aliphatic heterocycles. The van der Waals surface area contributed by atoms with Crippen molar-refractivity contribution in [2.45, 2.75) is 12.0 Å². The summed E-state index contributed by atoms with van der Waals surface area (Å²) in [6, 6.07) is 13.6. The van der Waals surface area contributed by atoms with E-state index in [4.69, 9.17) is 9.47 Å². The second-order valence-electron chi connectivity index (χ2n) is 7.33. The lowest BCUT2D eigenvalue weighted by atomic mass is 9.81. The van der Waals surface area contributed by atoms with Crippen LogP contribution in [-0.4, -0.2) is 52.7 Å². The Labute approximate surface area is 157 Å². The Hall–Kier alpha value is -2.86. The third-order valence-corrected chi connectivity index (χ3v) is 5.65. The summed E-state index contributed by atoms with van der Waals surface area (Å²) in [5.74, 6) is 1.08. The molecule has 27 heavy (non-hydrogen) atoms. The summed E-state index contributed by atoms with van der Waals surface area (Å²) >= 11 is 0. The number of aromatic nitrogens is 2. The molecule has 2 aromatic heterocycles. The first kappa shape index (κ1) is 16.3. The first-order valence-electron chi connectivity index (χ1n) is 9.27. The summed E-state index contributed by atoms with van der Waals surface area (Å²) in [5.41, 5.74) is 1.34. The molecule has 0 unspecified atom stereocenters. The molecule has 2 saturated heterocycles. The van der Waals surface area contributed by atoms with E-state index in [-0.39, 0.29) is 17.4 Å². The van der Waals surface area contributed by atoms with Gasteiger partial charge in [-0.25, -0.2) is 0 Å². The lowest BCUT2D eigenvalue weighted by molar-refractivity contribution is -0.122. The van der Waals surface area contributed by atoms with Crippen LogP contribution in [0.15, 0.2) is 54.9 Å². The normalized spacial score (nSPS) is 20.7. The molecular formula is C21H21N3O3. The fourth-order valence-corrected chi connectivity index (χ4v) is 4.10. The molecule has 6 heteroatoms. The molecule has 1 atom stereocenters. The molecule has 0 aliphatic carbocycles. The number of nitrogens with one attached hydrogen (secondary N) is 1. The van der Waals surface area contributed by atoms with Crippen LogP contribution in [0.4, 0.5) is 0 Å². The molecule has 138 valence electrons. The number of fused-ring (bicyclic) bond motifs is 1. The number of benzene rings is 1. The van der Waals surface area contributed by atoms with Gasteiger partial charge in [0.25, 0.3) is 5.91 Å². The topological polar surface area (TPSA) is 67.5 Å². The number of aromatic amines is 1. The maximum atomic E-state index is 12.8. The number of para-hydroxylation sites is 1. The van der Waals surface area contributed by atoms with E-state index >= 15 is 0 Å². The van der Waals surface area contributed by atoms with Crippen LogP contribution in [-0.2, 0) is 4.74 Å². The smallest absolute Gasteiger partial charge is 0.270 e. The van der Waals surface area contributed by atoms with Crippen molar-refractivity contribution in [1.29, 1.82) is 0 Å². The molecule has 1 amide bonds. The van der Waals surface area contributed by atoms with Crippen LogP contribution in [0.5, 0.6) is 5.75 Å². The molecule has 3 aromatic rings. The van der Waals surface area contributed by atoms with E-state index in [2.05, 4.69) is 9.97 Å². The number of likely N-dealkylation sites (tertiary alicyclic amines) is 1. The number of rotatable bonds is 4. The molecule has 0 radical (unpaired) electrons. The summed E-state index contributed by atoms with van der Waals surface area (Å²) in [6.45, 7) is 2.53. The predicted molar refractivity (Wildman–Crippen MR) is 101 cm³/mol. The number of H-pyrrole nitrogens is 1. The van der Waals surface area contributed by atoms with Crippen molar-refractivity contribution in [2.24, 2.45) is 5.92 Å². The van der Waals surface area contributed by atoms with Crippen LogP contribution >= 0.6 is 0 Å². The van der Waals surface area contributed by atoms with E-state index < -0.39 is 0 Å².